The summed E-state index contributed by atoms with van der Waals surface area (Å²) in [5.41, 5.74) is 12.5. The first-order chi connectivity index (χ1) is 20.2. The van der Waals surface area contributed by atoms with Crippen molar-refractivity contribution in [1.29, 1.82) is 0 Å². The number of carbonyl (C=O) groups is 2. The van der Waals surface area contributed by atoms with Gasteiger partial charge in [-0.25, -0.2) is 4.39 Å². The molecule has 10 nitrogen and oxygen atoms in total. The number of hydrogen-bond donors (Lipinski definition) is 4. The second-order valence-electron chi connectivity index (χ2n) is 13.2. The number of rotatable bonds is 10. The third-order valence-electron chi connectivity index (χ3n) is 10.6. The van der Waals surface area contributed by atoms with Crippen LogP contribution in [0.15, 0.2) is 4.99 Å². The van der Waals surface area contributed by atoms with Crippen molar-refractivity contribution in [2.75, 3.05) is 46.4 Å². The van der Waals surface area contributed by atoms with Crippen LogP contribution in [0.5, 0.6) is 0 Å². The zero-order valence-electron chi connectivity index (χ0n) is 26.1. The van der Waals surface area contributed by atoms with Gasteiger partial charge in [-0.2, -0.15) is 0 Å². The summed E-state index contributed by atoms with van der Waals surface area (Å²) >= 11 is 0. The van der Waals surface area contributed by atoms with E-state index < -0.39 is 24.3 Å². The highest BCUT2D eigenvalue weighted by atomic mass is 19.1. The summed E-state index contributed by atoms with van der Waals surface area (Å²) in [5, 5.41) is 6.74. The van der Waals surface area contributed by atoms with Crippen LogP contribution in [0, 0.1) is 17.3 Å². The van der Waals surface area contributed by atoms with Gasteiger partial charge in [0.1, 0.15) is 6.17 Å². The van der Waals surface area contributed by atoms with E-state index in [4.69, 9.17) is 16.2 Å². The Balaban J connectivity index is 1.41. The van der Waals surface area contributed by atoms with Gasteiger partial charge < -0.3 is 31.7 Å². The van der Waals surface area contributed by atoms with Crippen molar-refractivity contribution in [3.63, 3.8) is 0 Å². The third-order valence-corrected chi connectivity index (χ3v) is 10.6. The molecule has 3 fully saturated rings. The highest BCUT2D eigenvalue weighted by Gasteiger charge is 2.42. The lowest BCUT2D eigenvalue weighted by Crippen LogP contribution is -2.63. The van der Waals surface area contributed by atoms with Crippen molar-refractivity contribution < 1.29 is 18.7 Å². The SMILES string of the molecule is CCCC1(CC)CCC(F)C=NC(C(C(=O)NC2CNCCC2N2CCC(C(=O)N3CC[C@@H](OC)C3)CC2)C(N)N)C1. The number of hydrogen-bond acceptors (Lipinski definition) is 8. The smallest absolute Gasteiger partial charge is 0.228 e. The van der Waals surface area contributed by atoms with E-state index in [1.807, 2.05) is 4.90 Å². The van der Waals surface area contributed by atoms with Gasteiger partial charge in [0.15, 0.2) is 0 Å². The Morgan fingerprint density at radius 3 is 2.57 bits per heavy atom. The summed E-state index contributed by atoms with van der Waals surface area (Å²) in [5.74, 6) is -0.637. The fourth-order valence-electron chi connectivity index (χ4n) is 7.97. The fraction of sp³-hybridized carbons (Fsp3) is 0.903. The maximum atomic E-state index is 14.7. The van der Waals surface area contributed by atoms with Gasteiger partial charge in [-0.15, -0.1) is 0 Å². The molecule has 0 aromatic carbocycles. The number of likely N-dealkylation sites (tertiary alicyclic amines) is 2. The van der Waals surface area contributed by atoms with E-state index in [1.54, 1.807) is 7.11 Å². The molecule has 6 unspecified atom stereocenters. The minimum atomic E-state index is -1.12. The second kappa shape index (κ2) is 15.4. The Morgan fingerprint density at radius 2 is 1.93 bits per heavy atom. The lowest BCUT2D eigenvalue weighted by molar-refractivity contribution is -0.136. The predicted molar refractivity (Wildman–Crippen MR) is 164 cm³/mol. The van der Waals surface area contributed by atoms with Gasteiger partial charge in [0, 0.05) is 44.9 Å². The third kappa shape index (κ3) is 8.08. The molecule has 0 saturated carbocycles. The monoisotopic (exact) mass is 593 g/mol. The molecule has 0 spiro atoms. The molecule has 0 radical (unpaired) electrons. The maximum absolute atomic E-state index is 14.7. The molecule has 240 valence electrons. The normalized spacial score (nSPS) is 34.3. The Bertz CT molecular complexity index is 915. The Labute approximate surface area is 251 Å². The van der Waals surface area contributed by atoms with Crippen LogP contribution in [0.2, 0.25) is 0 Å². The van der Waals surface area contributed by atoms with Crippen LogP contribution in [0.25, 0.3) is 0 Å². The van der Waals surface area contributed by atoms with Gasteiger partial charge in [0.25, 0.3) is 0 Å². The molecule has 4 heterocycles. The van der Waals surface area contributed by atoms with E-state index >= 15 is 0 Å². The summed E-state index contributed by atoms with van der Waals surface area (Å²) in [6, 6.07) is -0.412. The number of alkyl halides is 1. The van der Waals surface area contributed by atoms with Crippen LogP contribution < -0.4 is 22.1 Å². The molecular formula is C31H56FN7O3. The van der Waals surface area contributed by atoms with Gasteiger partial charge in [-0.05, 0) is 76.4 Å². The molecule has 2 amide bonds. The lowest BCUT2D eigenvalue weighted by Gasteiger charge is -2.44. The molecule has 6 N–H and O–H groups in total. The first-order valence-electron chi connectivity index (χ1n) is 16.5. The Morgan fingerprint density at radius 1 is 1.17 bits per heavy atom. The number of nitrogens with two attached hydrogens (primary N) is 2. The molecule has 0 bridgehead atoms. The van der Waals surface area contributed by atoms with Gasteiger partial charge in [-0.3, -0.25) is 19.5 Å². The van der Waals surface area contributed by atoms with Crippen LogP contribution in [0.4, 0.5) is 4.39 Å². The number of carbonyl (C=O) groups excluding carboxylic acids is 2. The number of ether oxygens (including phenoxy) is 1. The molecule has 3 saturated heterocycles. The largest absolute Gasteiger partial charge is 0.380 e. The summed E-state index contributed by atoms with van der Waals surface area (Å²) in [6.45, 7) is 8.96. The minimum absolute atomic E-state index is 0.0460. The quantitative estimate of drug-likeness (QED) is 0.284. The van der Waals surface area contributed by atoms with E-state index in [2.05, 4.69) is 34.4 Å². The van der Waals surface area contributed by atoms with E-state index in [0.29, 0.717) is 25.9 Å². The van der Waals surface area contributed by atoms with Gasteiger partial charge in [0.05, 0.1) is 30.3 Å². The van der Waals surface area contributed by atoms with Gasteiger partial charge in [0.2, 0.25) is 11.8 Å². The lowest BCUT2D eigenvalue weighted by atomic mass is 9.69. The number of halogens is 1. The highest BCUT2D eigenvalue weighted by molar-refractivity contribution is 5.81. The summed E-state index contributed by atoms with van der Waals surface area (Å²) in [7, 11) is 1.71. The van der Waals surface area contributed by atoms with Crippen molar-refractivity contribution in [1.82, 2.24) is 20.4 Å². The van der Waals surface area contributed by atoms with Crippen molar-refractivity contribution in [3.05, 3.63) is 0 Å². The average molecular weight is 594 g/mol. The van der Waals surface area contributed by atoms with Gasteiger partial charge in [-0.1, -0.05) is 26.7 Å². The number of nitrogens with zero attached hydrogens (tertiary/aromatic N) is 3. The molecule has 4 aliphatic heterocycles. The number of aliphatic imine (C=N–C) groups is 1. The minimum Gasteiger partial charge on any atom is -0.380 e. The van der Waals surface area contributed by atoms with Crippen LogP contribution in [-0.4, -0.2) is 111 Å². The molecular weight excluding hydrogens is 537 g/mol. The van der Waals surface area contributed by atoms with Crippen molar-refractivity contribution in [2.24, 2.45) is 33.7 Å². The second-order valence-corrected chi connectivity index (χ2v) is 13.2. The molecule has 0 aromatic rings. The molecule has 42 heavy (non-hydrogen) atoms. The number of nitrogens with one attached hydrogen (secondary N) is 2. The first-order valence-corrected chi connectivity index (χ1v) is 16.5. The maximum Gasteiger partial charge on any atom is 0.228 e. The van der Waals surface area contributed by atoms with E-state index in [-0.39, 0.29) is 41.3 Å². The average Bonchev–Trinajstić information content (AvgIpc) is 3.47. The Kier molecular flexibility index (Phi) is 12.2. The van der Waals surface area contributed by atoms with Crippen LogP contribution in [0.3, 0.4) is 0 Å². The number of piperidine rings is 2. The van der Waals surface area contributed by atoms with Crippen molar-refractivity contribution in [2.45, 2.75) is 115 Å². The Hall–Kier alpha value is -1.66. The van der Waals surface area contributed by atoms with E-state index in [0.717, 1.165) is 77.5 Å². The fourth-order valence-corrected chi connectivity index (χ4v) is 7.97. The zero-order chi connectivity index (χ0) is 30.3. The van der Waals surface area contributed by atoms with Crippen molar-refractivity contribution >= 4 is 18.0 Å². The topological polar surface area (TPSA) is 138 Å². The molecule has 4 rings (SSSR count). The predicted octanol–water partition coefficient (Wildman–Crippen LogP) is 1.81. The molecule has 0 aliphatic carbocycles. The van der Waals surface area contributed by atoms with Gasteiger partial charge >= 0.3 is 0 Å². The summed E-state index contributed by atoms with van der Waals surface area (Å²) in [6.07, 6.45) is 7.73. The molecule has 11 heteroatoms. The molecule has 7 atom stereocenters. The van der Waals surface area contributed by atoms with E-state index in [9.17, 15) is 14.0 Å². The first kappa shape index (κ1) is 33.2. The standard InChI is InChI=1S/C31H56FN7O3/c1-4-11-31(5-2)12-6-22(32)18-36-24(17-31)27(28(33)34)29(40)37-25-19-35-13-7-26(25)38-14-8-21(9-15-38)30(41)39-16-10-23(20-39)42-3/h18,21-28,35H,4-17,19-20,33-34H2,1-3H3,(H,37,40)/t22?,23-,24?,25?,26?,27?,31?/m1/s1. The molecule has 4 aliphatic rings. The van der Waals surface area contributed by atoms with Crippen LogP contribution in [-0.2, 0) is 14.3 Å². The summed E-state index contributed by atoms with van der Waals surface area (Å²) in [4.78, 5) is 36.1. The van der Waals surface area contributed by atoms with Crippen molar-refractivity contribution in [3.8, 4) is 0 Å². The van der Waals surface area contributed by atoms with E-state index in [1.165, 1.54) is 6.21 Å². The zero-order valence-corrected chi connectivity index (χ0v) is 26.1. The van der Waals surface area contributed by atoms with Crippen LogP contribution in [0.1, 0.15) is 78.1 Å². The highest BCUT2D eigenvalue weighted by Crippen LogP contribution is 2.42. The molecule has 0 aromatic heterocycles. The van der Waals surface area contributed by atoms with Crippen LogP contribution >= 0.6 is 0 Å². The summed E-state index contributed by atoms with van der Waals surface area (Å²) < 4.78 is 20.1. The number of amides is 2. The number of methoxy groups -OCH3 is 1.